The zero-order chi connectivity index (χ0) is 17.8. The molecule has 128 valence electrons. The van der Waals surface area contributed by atoms with Gasteiger partial charge in [-0.2, -0.15) is 5.10 Å². The molecule has 3 aromatic rings. The minimum Gasteiger partial charge on any atom is -0.319 e. The number of hydrogen-bond donors (Lipinski definition) is 1. The predicted molar refractivity (Wildman–Crippen MR) is 91.7 cm³/mol. The Hall–Kier alpha value is -2.73. The average molecular weight is 362 g/mol. The molecule has 0 spiro atoms. The number of nitrogens with one attached hydrogen (secondary N) is 1. The van der Waals surface area contributed by atoms with Crippen LogP contribution in [-0.2, 0) is 13.0 Å². The number of rotatable bonds is 5. The van der Waals surface area contributed by atoms with Crippen LogP contribution in [-0.4, -0.2) is 15.7 Å². The maximum atomic E-state index is 13.3. The molecule has 1 N–H and O–H groups in total. The van der Waals surface area contributed by atoms with E-state index in [1.807, 2.05) is 30.3 Å². The average Bonchev–Trinajstić information content (AvgIpc) is 3.04. The van der Waals surface area contributed by atoms with Gasteiger partial charge in [0, 0.05) is 12.7 Å². The first kappa shape index (κ1) is 17.1. The van der Waals surface area contributed by atoms with Gasteiger partial charge in [0.15, 0.2) is 11.6 Å². The Labute approximate surface area is 148 Å². The Morgan fingerprint density at radius 1 is 1.16 bits per heavy atom. The molecule has 1 amide bonds. The molecule has 0 saturated carbocycles. The summed E-state index contributed by atoms with van der Waals surface area (Å²) >= 11 is 5.80. The van der Waals surface area contributed by atoms with Crippen LogP contribution in [0.4, 0.5) is 14.5 Å². The molecule has 1 aromatic heterocycles. The Morgan fingerprint density at radius 2 is 1.88 bits per heavy atom. The summed E-state index contributed by atoms with van der Waals surface area (Å²) in [6.45, 7) is 0.645. The van der Waals surface area contributed by atoms with E-state index in [1.165, 1.54) is 11.8 Å². The molecule has 25 heavy (non-hydrogen) atoms. The third kappa shape index (κ3) is 4.22. The highest BCUT2D eigenvalue weighted by molar-refractivity contribution is 6.34. The van der Waals surface area contributed by atoms with Crippen molar-refractivity contribution in [3.63, 3.8) is 0 Å². The number of aryl methyl sites for hydroxylation is 2. The number of carbonyl (C=O) groups is 1. The number of halogens is 3. The van der Waals surface area contributed by atoms with Crippen LogP contribution < -0.4 is 5.32 Å². The fourth-order valence-corrected chi connectivity index (χ4v) is 2.57. The first-order valence-corrected chi connectivity index (χ1v) is 7.93. The van der Waals surface area contributed by atoms with Gasteiger partial charge in [-0.3, -0.25) is 9.48 Å². The molecular formula is C18H14ClF2N3O. The van der Waals surface area contributed by atoms with Gasteiger partial charge in [-0.1, -0.05) is 41.9 Å². The molecule has 0 bridgehead atoms. The molecule has 7 heteroatoms. The zero-order valence-electron chi connectivity index (χ0n) is 13.0. The largest absolute Gasteiger partial charge is 0.319 e. The van der Waals surface area contributed by atoms with Crippen molar-refractivity contribution in [2.75, 3.05) is 5.32 Å². The van der Waals surface area contributed by atoms with Crippen molar-refractivity contribution in [3.8, 4) is 0 Å². The summed E-state index contributed by atoms with van der Waals surface area (Å²) < 4.78 is 28.1. The van der Waals surface area contributed by atoms with Crippen molar-refractivity contribution in [1.29, 1.82) is 0 Å². The molecule has 3 rings (SSSR count). The van der Waals surface area contributed by atoms with Crippen LogP contribution in [0.25, 0.3) is 0 Å². The third-order valence-corrected chi connectivity index (χ3v) is 3.93. The molecule has 2 aromatic carbocycles. The van der Waals surface area contributed by atoms with Gasteiger partial charge >= 0.3 is 0 Å². The molecule has 0 fully saturated rings. The van der Waals surface area contributed by atoms with Crippen LogP contribution in [0, 0.1) is 11.6 Å². The van der Waals surface area contributed by atoms with Crippen molar-refractivity contribution in [2.45, 2.75) is 13.0 Å². The quantitative estimate of drug-likeness (QED) is 0.688. The van der Waals surface area contributed by atoms with Gasteiger partial charge in [-0.25, -0.2) is 8.78 Å². The number of nitrogens with zero attached hydrogens (tertiary/aromatic N) is 2. The van der Waals surface area contributed by atoms with Crippen molar-refractivity contribution in [3.05, 3.63) is 82.6 Å². The summed E-state index contributed by atoms with van der Waals surface area (Å²) in [6.07, 6.45) is 3.94. The monoisotopic (exact) mass is 361 g/mol. The van der Waals surface area contributed by atoms with Gasteiger partial charge in [-0.15, -0.1) is 0 Å². The van der Waals surface area contributed by atoms with Crippen LogP contribution in [0.5, 0.6) is 0 Å². The number of aromatic nitrogens is 2. The summed E-state index contributed by atoms with van der Waals surface area (Å²) in [5.41, 5.74) is 1.48. The molecule has 0 saturated heterocycles. The Balaban J connectivity index is 1.65. The first-order valence-electron chi connectivity index (χ1n) is 7.55. The van der Waals surface area contributed by atoms with Crippen LogP contribution in [0.3, 0.4) is 0 Å². The summed E-state index contributed by atoms with van der Waals surface area (Å²) in [7, 11) is 0. The molecule has 0 aliphatic heterocycles. The highest BCUT2D eigenvalue weighted by Crippen LogP contribution is 2.21. The fourth-order valence-electron chi connectivity index (χ4n) is 2.33. The van der Waals surface area contributed by atoms with Gasteiger partial charge < -0.3 is 5.32 Å². The van der Waals surface area contributed by atoms with E-state index < -0.39 is 17.5 Å². The smallest absolute Gasteiger partial charge is 0.257 e. The molecule has 4 nitrogen and oxygen atoms in total. The van der Waals surface area contributed by atoms with E-state index >= 15 is 0 Å². The normalized spacial score (nSPS) is 10.7. The SMILES string of the molecule is O=C(Nc1cnn(CCc2ccccc2)c1)c1cc(F)c(F)cc1Cl. The van der Waals surface area contributed by atoms with Gasteiger partial charge in [0.2, 0.25) is 0 Å². The van der Waals surface area contributed by atoms with Crippen LogP contribution in [0.1, 0.15) is 15.9 Å². The lowest BCUT2D eigenvalue weighted by atomic mass is 10.1. The van der Waals surface area contributed by atoms with E-state index in [-0.39, 0.29) is 10.6 Å². The molecule has 1 heterocycles. The summed E-state index contributed by atoms with van der Waals surface area (Å²) in [5.74, 6) is -2.87. The van der Waals surface area contributed by atoms with Gasteiger partial charge in [0.1, 0.15) is 0 Å². The summed E-state index contributed by atoms with van der Waals surface area (Å²) in [6, 6.07) is 11.5. The Kier molecular flexibility index (Phi) is 5.09. The van der Waals surface area contributed by atoms with Crippen molar-refractivity contribution < 1.29 is 13.6 Å². The maximum Gasteiger partial charge on any atom is 0.257 e. The van der Waals surface area contributed by atoms with E-state index in [9.17, 15) is 13.6 Å². The second-order valence-corrected chi connectivity index (χ2v) is 5.84. The van der Waals surface area contributed by atoms with Crippen molar-refractivity contribution in [2.24, 2.45) is 0 Å². The number of benzene rings is 2. The molecular weight excluding hydrogens is 348 g/mol. The lowest BCUT2D eigenvalue weighted by molar-refractivity contribution is 0.102. The van der Waals surface area contributed by atoms with Gasteiger partial charge in [0.25, 0.3) is 5.91 Å². The van der Waals surface area contributed by atoms with E-state index in [0.29, 0.717) is 12.2 Å². The lowest BCUT2D eigenvalue weighted by Crippen LogP contribution is -2.13. The van der Waals surface area contributed by atoms with Gasteiger partial charge in [-0.05, 0) is 24.1 Å². The van der Waals surface area contributed by atoms with E-state index in [0.717, 1.165) is 18.6 Å². The Morgan fingerprint density at radius 3 is 2.64 bits per heavy atom. The molecule has 0 aliphatic rings. The number of amides is 1. The van der Waals surface area contributed by atoms with Crippen molar-refractivity contribution in [1.82, 2.24) is 9.78 Å². The summed E-state index contributed by atoms with van der Waals surface area (Å²) in [4.78, 5) is 12.2. The Bertz CT molecular complexity index is 897. The molecule has 0 unspecified atom stereocenters. The molecule has 0 aliphatic carbocycles. The number of anilines is 1. The standard InChI is InChI=1S/C18H14ClF2N3O/c19-15-9-17(21)16(20)8-14(15)18(25)23-13-10-22-24(11-13)7-6-12-4-2-1-3-5-12/h1-5,8-11H,6-7H2,(H,23,25). The molecule has 0 atom stereocenters. The van der Waals surface area contributed by atoms with Crippen LogP contribution >= 0.6 is 11.6 Å². The van der Waals surface area contributed by atoms with Crippen molar-refractivity contribution >= 4 is 23.2 Å². The minimum absolute atomic E-state index is 0.141. The number of hydrogen-bond acceptors (Lipinski definition) is 2. The van der Waals surface area contributed by atoms with Crippen LogP contribution in [0.15, 0.2) is 54.9 Å². The zero-order valence-corrected chi connectivity index (χ0v) is 13.8. The first-order chi connectivity index (χ1) is 12.0. The second kappa shape index (κ2) is 7.44. The summed E-state index contributed by atoms with van der Waals surface area (Å²) in [5, 5.41) is 6.58. The van der Waals surface area contributed by atoms with E-state index in [2.05, 4.69) is 10.4 Å². The molecule has 0 radical (unpaired) electrons. The highest BCUT2D eigenvalue weighted by atomic mass is 35.5. The second-order valence-electron chi connectivity index (χ2n) is 5.43. The minimum atomic E-state index is -1.13. The number of carbonyl (C=O) groups excluding carboxylic acids is 1. The van der Waals surface area contributed by atoms with E-state index in [1.54, 1.807) is 10.9 Å². The predicted octanol–water partition coefficient (Wildman–Crippen LogP) is 4.31. The maximum absolute atomic E-state index is 13.3. The van der Waals surface area contributed by atoms with Crippen LogP contribution in [0.2, 0.25) is 5.02 Å². The van der Waals surface area contributed by atoms with Gasteiger partial charge in [0.05, 0.1) is 22.5 Å². The highest BCUT2D eigenvalue weighted by Gasteiger charge is 2.15. The lowest BCUT2D eigenvalue weighted by Gasteiger charge is -2.05. The topological polar surface area (TPSA) is 46.9 Å². The fraction of sp³-hybridized carbons (Fsp3) is 0.111. The van der Waals surface area contributed by atoms with E-state index in [4.69, 9.17) is 11.6 Å². The third-order valence-electron chi connectivity index (χ3n) is 3.62.